The molecule has 0 aliphatic heterocycles. The third kappa shape index (κ3) is 3.92. The molecule has 2 nitrogen and oxygen atoms in total. The molecule has 84 valence electrons. The Morgan fingerprint density at radius 3 is 2.27 bits per heavy atom. The maximum atomic E-state index is 5.61. The lowest BCUT2D eigenvalue weighted by molar-refractivity contribution is 0.296. The lowest BCUT2D eigenvalue weighted by Gasteiger charge is -2.11. The zero-order valence-electron chi connectivity index (χ0n) is 9.86. The maximum absolute atomic E-state index is 5.61. The van der Waals surface area contributed by atoms with Gasteiger partial charge in [-0.15, -0.1) is 0 Å². The van der Waals surface area contributed by atoms with Crippen LogP contribution in [0.2, 0.25) is 0 Å². The molecule has 2 N–H and O–H groups in total. The molecule has 0 spiro atoms. The van der Waals surface area contributed by atoms with Gasteiger partial charge in [0.25, 0.3) is 0 Å². The van der Waals surface area contributed by atoms with Gasteiger partial charge in [-0.25, -0.2) is 0 Å². The molecule has 0 aliphatic rings. The molecular formula is C13H21NO. The van der Waals surface area contributed by atoms with Gasteiger partial charge in [0.05, 0.1) is 0 Å². The summed E-state index contributed by atoms with van der Waals surface area (Å²) in [5.74, 6) is 1.52. The number of rotatable bonds is 5. The average Bonchev–Trinajstić information content (AvgIpc) is 2.26. The molecule has 0 bridgehead atoms. The predicted molar refractivity (Wildman–Crippen MR) is 64.3 cm³/mol. The van der Waals surface area contributed by atoms with Crippen molar-refractivity contribution in [2.24, 2.45) is 5.73 Å². The highest BCUT2D eigenvalue weighted by atomic mass is 16.5. The van der Waals surface area contributed by atoms with Gasteiger partial charge in [-0.3, -0.25) is 0 Å². The highest BCUT2D eigenvalue weighted by Crippen LogP contribution is 2.21. The summed E-state index contributed by atoms with van der Waals surface area (Å²) in [6, 6.07) is 8.38. The van der Waals surface area contributed by atoms with Gasteiger partial charge < -0.3 is 10.5 Å². The first-order valence-electron chi connectivity index (χ1n) is 5.61. The van der Waals surface area contributed by atoms with Crippen molar-refractivity contribution in [2.75, 3.05) is 6.61 Å². The van der Waals surface area contributed by atoms with Crippen LogP contribution in [0.4, 0.5) is 0 Å². The van der Waals surface area contributed by atoms with Crippen LogP contribution in [0.3, 0.4) is 0 Å². The van der Waals surface area contributed by atoms with E-state index in [9.17, 15) is 0 Å². The standard InChI is InChI=1S/C13H21NO/c1-4-10(2)12-5-7-13(8-6-12)15-9-11(3)14/h5-8,10-11H,4,9,14H2,1-3H3. The topological polar surface area (TPSA) is 35.2 Å². The Morgan fingerprint density at radius 2 is 1.80 bits per heavy atom. The van der Waals surface area contributed by atoms with Gasteiger partial charge in [-0.1, -0.05) is 26.0 Å². The highest BCUT2D eigenvalue weighted by molar-refractivity contribution is 5.29. The molecule has 0 amide bonds. The molecule has 2 unspecified atom stereocenters. The van der Waals surface area contributed by atoms with Crippen LogP contribution in [0.5, 0.6) is 5.75 Å². The fourth-order valence-electron chi connectivity index (χ4n) is 1.36. The van der Waals surface area contributed by atoms with Crippen molar-refractivity contribution in [3.63, 3.8) is 0 Å². The average molecular weight is 207 g/mol. The third-order valence-corrected chi connectivity index (χ3v) is 2.57. The summed E-state index contributed by atoms with van der Waals surface area (Å²) in [6.07, 6.45) is 1.17. The Labute approximate surface area is 92.4 Å². The molecule has 0 saturated heterocycles. The van der Waals surface area contributed by atoms with Gasteiger partial charge in [0.2, 0.25) is 0 Å². The van der Waals surface area contributed by atoms with Crippen LogP contribution in [0.1, 0.15) is 38.7 Å². The fraction of sp³-hybridized carbons (Fsp3) is 0.538. The number of benzene rings is 1. The molecule has 2 heteroatoms. The van der Waals surface area contributed by atoms with E-state index in [2.05, 4.69) is 26.0 Å². The minimum Gasteiger partial charge on any atom is -0.492 e. The fourth-order valence-corrected chi connectivity index (χ4v) is 1.36. The first-order valence-corrected chi connectivity index (χ1v) is 5.61. The van der Waals surface area contributed by atoms with Crippen LogP contribution in [0.25, 0.3) is 0 Å². The molecule has 0 saturated carbocycles. The van der Waals surface area contributed by atoms with E-state index in [1.54, 1.807) is 0 Å². The van der Waals surface area contributed by atoms with Crippen molar-refractivity contribution in [2.45, 2.75) is 39.2 Å². The zero-order valence-corrected chi connectivity index (χ0v) is 9.86. The molecule has 2 atom stereocenters. The Balaban J connectivity index is 2.56. The van der Waals surface area contributed by atoms with Crippen LogP contribution in [0, 0.1) is 0 Å². The number of nitrogens with two attached hydrogens (primary N) is 1. The summed E-state index contributed by atoms with van der Waals surface area (Å²) in [6.45, 7) is 6.94. The van der Waals surface area contributed by atoms with Crippen LogP contribution < -0.4 is 10.5 Å². The molecule has 1 aromatic rings. The van der Waals surface area contributed by atoms with Crippen molar-refractivity contribution in [1.29, 1.82) is 0 Å². The summed E-state index contributed by atoms with van der Waals surface area (Å²) in [4.78, 5) is 0. The quantitative estimate of drug-likeness (QED) is 0.805. The van der Waals surface area contributed by atoms with E-state index in [4.69, 9.17) is 10.5 Å². The second kappa shape index (κ2) is 5.76. The summed E-state index contributed by atoms with van der Waals surface area (Å²) in [5.41, 5.74) is 6.98. The smallest absolute Gasteiger partial charge is 0.119 e. The molecular weight excluding hydrogens is 186 g/mol. The third-order valence-electron chi connectivity index (χ3n) is 2.57. The van der Waals surface area contributed by atoms with Crippen molar-refractivity contribution in [1.82, 2.24) is 0 Å². The summed E-state index contributed by atoms with van der Waals surface area (Å²) in [5, 5.41) is 0. The van der Waals surface area contributed by atoms with Crippen LogP contribution in [0.15, 0.2) is 24.3 Å². The Kier molecular flexibility index (Phi) is 4.63. The molecule has 1 rings (SSSR count). The van der Waals surface area contributed by atoms with Gasteiger partial charge in [-0.2, -0.15) is 0 Å². The minimum atomic E-state index is 0.0826. The molecule has 0 aliphatic carbocycles. The van der Waals surface area contributed by atoms with Gasteiger partial charge in [0, 0.05) is 6.04 Å². The maximum Gasteiger partial charge on any atom is 0.119 e. The highest BCUT2D eigenvalue weighted by Gasteiger charge is 2.03. The normalized spacial score (nSPS) is 14.7. The van der Waals surface area contributed by atoms with Crippen molar-refractivity contribution >= 4 is 0 Å². The van der Waals surface area contributed by atoms with Crippen LogP contribution in [-0.4, -0.2) is 12.6 Å². The van der Waals surface area contributed by atoms with Gasteiger partial charge >= 0.3 is 0 Å². The van der Waals surface area contributed by atoms with Crippen molar-refractivity contribution in [3.05, 3.63) is 29.8 Å². The largest absolute Gasteiger partial charge is 0.492 e. The molecule has 0 radical (unpaired) electrons. The molecule has 0 fully saturated rings. The monoisotopic (exact) mass is 207 g/mol. The van der Waals surface area contributed by atoms with Crippen molar-refractivity contribution in [3.8, 4) is 5.75 Å². The lowest BCUT2D eigenvalue weighted by atomic mass is 9.99. The van der Waals surface area contributed by atoms with Crippen molar-refractivity contribution < 1.29 is 4.74 Å². The van der Waals surface area contributed by atoms with E-state index >= 15 is 0 Å². The van der Waals surface area contributed by atoms with E-state index in [-0.39, 0.29) is 6.04 Å². The van der Waals surface area contributed by atoms with Gasteiger partial charge in [0.1, 0.15) is 12.4 Å². The van der Waals surface area contributed by atoms with Gasteiger partial charge in [-0.05, 0) is 37.0 Å². The van der Waals surface area contributed by atoms with Crippen LogP contribution >= 0.6 is 0 Å². The van der Waals surface area contributed by atoms with E-state index in [0.717, 1.165) is 5.75 Å². The molecule has 1 aromatic carbocycles. The van der Waals surface area contributed by atoms with E-state index in [1.165, 1.54) is 12.0 Å². The number of hydrogen-bond acceptors (Lipinski definition) is 2. The van der Waals surface area contributed by atoms with E-state index in [0.29, 0.717) is 12.5 Å². The first kappa shape index (κ1) is 12.1. The first-order chi connectivity index (χ1) is 7.13. The van der Waals surface area contributed by atoms with Gasteiger partial charge in [0.15, 0.2) is 0 Å². The second-order valence-electron chi connectivity index (χ2n) is 4.17. The second-order valence-corrected chi connectivity index (χ2v) is 4.17. The number of hydrogen-bond donors (Lipinski definition) is 1. The SMILES string of the molecule is CCC(C)c1ccc(OCC(C)N)cc1. The summed E-state index contributed by atoms with van der Waals surface area (Å²) >= 11 is 0. The van der Waals surface area contributed by atoms with E-state index < -0.39 is 0 Å². The molecule has 0 heterocycles. The molecule has 15 heavy (non-hydrogen) atoms. The summed E-state index contributed by atoms with van der Waals surface area (Å²) in [7, 11) is 0. The Morgan fingerprint density at radius 1 is 1.20 bits per heavy atom. The zero-order chi connectivity index (χ0) is 11.3. The summed E-state index contributed by atoms with van der Waals surface area (Å²) < 4.78 is 5.51. The van der Waals surface area contributed by atoms with Crippen LogP contribution in [-0.2, 0) is 0 Å². The lowest BCUT2D eigenvalue weighted by Crippen LogP contribution is -2.23. The minimum absolute atomic E-state index is 0.0826. The number of ether oxygens (including phenoxy) is 1. The Hall–Kier alpha value is -1.02. The predicted octanol–water partition coefficient (Wildman–Crippen LogP) is 2.93. The Bertz CT molecular complexity index is 279. The molecule has 0 aromatic heterocycles. The van der Waals surface area contributed by atoms with E-state index in [1.807, 2.05) is 19.1 Å².